The number of carbonyl (C=O) groups excluding carboxylic acids is 1. The third kappa shape index (κ3) is 6.55. The van der Waals surface area contributed by atoms with E-state index in [9.17, 15) is 9.90 Å². The van der Waals surface area contributed by atoms with Crippen LogP contribution in [-0.2, 0) is 16.1 Å². The van der Waals surface area contributed by atoms with Crippen molar-refractivity contribution in [2.75, 3.05) is 25.5 Å². The number of rotatable bonds is 9. The monoisotopic (exact) mass is 524 g/mol. The number of para-hydroxylation sites is 2. The normalized spacial score (nSPS) is 19.2. The Morgan fingerprint density at radius 2 is 1.77 bits per heavy atom. The summed E-state index contributed by atoms with van der Waals surface area (Å²) >= 11 is 0. The van der Waals surface area contributed by atoms with Crippen molar-refractivity contribution in [2.24, 2.45) is 0 Å². The number of hydrogen-bond acceptors (Lipinski definition) is 7. The van der Waals surface area contributed by atoms with Crippen LogP contribution in [0.15, 0.2) is 91.6 Å². The number of anilines is 1. The number of hydrogen-bond donors (Lipinski definition) is 2. The van der Waals surface area contributed by atoms with E-state index in [4.69, 9.17) is 9.47 Å². The van der Waals surface area contributed by atoms with Gasteiger partial charge < -0.3 is 24.8 Å². The molecule has 5 rings (SSSR count). The fourth-order valence-electron chi connectivity index (χ4n) is 4.66. The Morgan fingerprint density at radius 1 is 1.05 bits per heavy atom. The van der Waals surface area contributed by atoms with E-state index in [1.807, 2.05) is 85.9 Å². The molecule has 3 atom stereocenters. The van der Waals surface area contributed by atoms with Crippen molar-refractivity contribution in [3.8, 4) is 0 Å². The fraction of sp³-hybridized carbons (Fsp3) is 0.258. The maximum absolute atomic E-state index is 12.8. The first-order valence-corrected chi connectivity index (χ1v) is 13.0. The van der Waals surface area contributed by atoms with E-state index in [0.29, 0.717) is 17.6 Å². The first-order valence-electron chi connectivity index (χ1n) is 13.0. The summed E-state index contributed by atoms with van der Waals surface area (Å²) in [5.74, 6) is -0.331. The molecule has 1 saturated heterocycles. The molecule has 1 aliphatic rings. The van der Waals surface area contributed by atoms with Gasteiger partial charge in [0.15, 0.2) is 6.29 Å². The molecule has 0 bridgehead atoms. The fourth-order valence-corrected chi connectivity index (χ4v) is 4.66. The van der Waals surface area contributed by atoms with Gasteiger partial charge in [-0.15, -0.1) is 6.58 Å². The van der Waals surface area contributed by atoms with Gasteiger partial charge in [0.1, 0.15) is 5.69 Å². The highest BCUT2D eigenvalue weighted by atomic mass is 16.7. The minimum atomic E-state index is -0.570. The summed E-state index contributed by atoms with van der Waals surface area (Å²) < 4.78 is 12.8. The van der Waals surface area contributed by atoms with E-state index in [1.54, 1.807) is 0 Å². The van der Waals surface area contributed by atoms with Gasteiger partial charge in [0.25, 0.3) is 5.91 Å². The van der Waals surface area contributed by atoms with Gasteiger partial charge in [-0.1, -0.05) is 54.6 Å². The molecule has 8 heteroatoms. The highest BCUT2D eigenvalue weighted by molar-refractivity contribution is 6.03. The molecular formula is C31H32N4O4. The summed E-state index contributed by atoms with van der Waals surface area (Å²) in [5.41, 5.74) is 5.04. The molecule has 2 N–H and O–H groups in total. The van der Waals surface area contributed by atoms with E-state index in [-0.39, 0.29) is 30.4 Å². The minimum Gasteiger partial charge on any atom is -0.392 e. The van der Waals surface area contributed by atoms with Crippen molar-refractivity contribution in [3.05, 3.63) is 114 Å². The Balaban J connectivity index is 1.30. The van der Waals surface area contributed by atoms with Crippen LogP contribution in [-0.4, -0.2) is 52.1 Å². The topological polar surface area (TPSA) is 96.8 Å². The molecule has 0 spiro atoms. The van der Waals surface area contributed by atoms with Gasteiger partial charge in [-0.05, 0) is 42.4 Å². The van der Waals surface area contributed by atoms with Crippen molar-refractivity contribution in [2.45, 2.75) is 31.5 Å². The molecule has 200 valence electrons. The molecule has 1 aliphatic heterocycles. The summed E-state index contributed by atoms with van der Waals surface area (Å²) in [6.45, 7) is 5.33. The van der Waals surface area contributed by atoms with E-state index in [0.717, 1.165) is 35.3 Å². The van der Waals surface area contributed by atoms with E-state index < -0.39 is 6.29 Å². The van der Waals surface area contributed by atoms with E-state index >= 15 is 0 Å². The number of amides is 1. The highest BCUT2D eigenvalue weighted by Crippen LogP contribution is 2.38. The van der Waals surface area contributed by atoms with Crippen molar-refractivity contribution < 1.29 is 19.4 Å². The summed E-state index contributed by atoms with van der Waals surface area (Å²) in [4.78, 5) is 23.7. The first kappa shape index (κ1) is 26.6. The molecule has 0 saturated carbocycles. The van der Waals surface area contributed by atoms with Gasteiger partial charge in [0.2, 0.25) is 0 Å². The van der Waals surface area contributed by atoms with Gasteiger partial charge in [-0.2, -0.15) is 0 Å². The number of aromatic nitrogens is 2. The van der Waals surface area contributed by atoms with Crippen LogP contribution in [0.3, 0.4) is 0 Å². The SMILES string of the molecule is C=CCN(C)CC1CC(c2ccc(CO)cc2)OC(c2ccc(NC(=O)c3cnc4ccccc4n3)cc2)O1. The van der Waals surface area contributed by atoms with Gasteiger partial charge in [0, 0.05) is 30.8 Å². The van der Waals surface area contributed by atoms with Crippen LogP contribution < -0.4 is 5.32 Å². The number of likely N-dealkylation sites (N-methyl/N-ethyl adjacent to an activating group) is 1. The quantitative estimate of drug-likeness (QED) is 0.296. The summed E-state index contributed by atoms with van der Waals surface area (Å²) in [6.07, 6.45) is 3.27. The Bertz CT molecular complexity index is 1420. The predicted octanol–water partition coefficient (Wildman–Crippen LogP) is 5.04. The summed E-state index contributed by atoms with van der Waals surface area (Å²) in [6, 6.07) is 22.7. The Hall–Kier alpha value is -3.95. The summed E-state index contributed by atoms with van der Waals surface area (Å²) in [5, 5.41) is 12.3. The molecule has 0 aliphatic carbocycles. The summed E-state index contributed by atoms with van der Waals surface area (Å²) in [7, 11) is 2.04. The van der Waals surface area contributed by atoms with Gasteiger partial charge in [0.05, 0.1) is 36.0 Å². The van der Waals surface area contributed by atoms with E-state index in [1.165, 1.54) is 6.20 Å². The molecular weight excluding hydrogens is 492 g/mol. The van der Waals surface area contributed by atoms with Crippen LogP contribution in [0.2, 0.25) is 0 Å². The zero-order valence-corrected chi connectivity index (χ0v) is 21.9. The molecule has 1 aromatic heterocycles. The van der Waals surface area contributed by atoms with Crippen molar-refractivity contribution in [3.63, 3.8) is 0 Å². The largest absolute Gasteiger partial charge is 0.392 e. The maximum Gasteiger partial charge on any atom is 0.275 e. The number of aliphatic hydroxyl groups excluding tert-OH is 1. The van der Waals surface area contributed by atoms with Crippen LogP contribution >= 0.6 is 0 Å². The average Bonchev–Trinajstić information content (AvgIpc) is 2.97. The van der Waals surface area contributed by atoms with Gasteiger partial charge in [-0.25, -0.2) is 4.98 Å². The van der Waals surface area contributed by atoms with Crippen LogP contribution in [0, 0.1) is 0 Å². The molecule has 1 fully saturated rings. The lowest BCUT2D eigenvalue weighted by molar-refractivity contribution is -0.252. The highest BCUT2D eigenvalue weighted by Gasteiger charge is 2.32. The van der Waals surface area contributed by atoms with Gasteiger partial charge in [-0.3, -0.25) is 9.78 Å². The number of benzene rings is 3. The molecule has 2 heterocycles. The second-order valence-electron chi connectivity index (χ2n) is 9.68. The van der Waals surface area contributed by atoms with Crippen LogP contribution in [0.1, 0.15) is 46.0 Å². The lowest BCUT2D eigenvalue weighted by Gasteiger charge is -2.37. The van der Waals surface area contributed by atoms with Crippen LogP contribution in [0.4, 0.5) is 5.69 Å². The standard InChI is InChI=1S/C31H32N4O4/c1-3-16-35(2)19-25-17-29(22-10-8-21(20-36)9-11-22)39-31(38-25)23-12-14-24(15-13-23)33-30(37)28-18-32-26-6-4-5-7-27(26)34-28/h3-15,18,25,29,31,36H,1,16-17,19-20H2,2H3,(H,33,37). The maximum atomic E-state index is 12.8. The minimum absolute atomic E-state index is 0.00282. The zero-order chi connectivity index (χ0) is 27.2. The third-order valence-electron chi connectivity index (χ3n) is 6.69. The number of fused-ring (bicyclic) bond motifs is 1. The van der Waals surface area contributed by atoms with Gasteiger partial charge >= 0.3 is 0 Å². The number of carbonyl (C=O) groups is 1. The second kappa shape index (κ2) is 12.3. The van der Waals surface area contributed by atoms with E-state index in [2.05, 4.69) is 26.8 Å². The third-order valence-corrected chi connectivity index (χ3v) is 6.69. The van der Waals surface area contributed by atoms with Crippen LogP contribution in [0.25, 0.3) is 11.0 Å². The first-order chi connectivity index (χ1) is 19.0. The lowest BCUT2D eigenvalue weighted by atomic mass is 9.99. The lowest BCUT2D eigenvalue weighted by Crippen LogP contribution is -2.37. The molecule has 3 unspecified atom stereocenters. The number of nitrogens with zero attached hydrogens (tertiary/aromatic N) is 3. The average molecular weight is 525 g/mol. The van der Waals surface area contributed by atoms with Crippen molar-refractivity contribution in [1.29, 1.82) is 0 Å². The molecule has 0 radical (unpaired) electrons. The second-order valence-corrected chi connectivity index (χ2v) is 9.68. The molecule has 4 aromatic rings. The predicted molar refractivity (Wildman–Crippen MR) is 150 cm³/mol. The zero-order valence-electron chi connectivity index (χ0n) is 21.9. The number of nitrogens with one attached hydrogen (secondary N) is 1. The van der Waals surface area contributed by atoms with Crippen molar-refractivity contribution >= 4 is 22.6 Å². The smallest absolute Gasteiger partial charge is 0.275 e. The van der Waals surface area contributed by atoms with Crippen LogP contribution in [0.5, 0.6) is 0 Å². The number of ether oxygens (including phenoxy) is 2. The number of aliphatic hydroxyl groups is 1. The molecule has 3 aromatic carbocycles. The molecule has 39 heavy (non-hydrogen) atoms. The molecule has 8 nitrogen and oxygen atoms in total. The van der Waals surface area contributed by atoms with Crippen molar-refractivity contribution in [1.82, 2.24) is 14.9 Å². The Labute approximate surface area is 227 Å². The Kier molecular flexibility index (Phi) is 8.39. The molecule has 1 amide bonds. The Morgan fingerprint density at radius 3 is 2.49 bits per heavy atom.